The Labute approximate surface area is 103 Å². The van der Waals surface area contributed by atoms with Gasteiger partial charge in [0.05, 0.1) is 12.1 Å². The van der Waals surface area contributed by atoms with Gasteiger partial charge in [0.1, 0.15) is 5.60 Å². The largest absolute Gasteiger partial charge is 0.444 e. The van der Waals surface area contributed by atoms with Gasteiger partial charge >= 0.3 is 6.09 Å². The normalized spacial score (nSPS) is 23.8. The van der Waals surface area contributed by atoms with E-state index in [1.807, 2.05) is 20.8 Å². The molecule has 0 aromatic carbocycles. The average molecular weight is 238 g/mol. The Hall–Kier alpha value is -1.21. The summed E-state index contributed by atoms with van der Waals surface area (Å²) in [6, 6.07) is 0. The molecule has 0 saturated carbocycles. The Morgan fingerprint density at radius 2 is 2.24 bits per heavy atom. The molecule has 0 bridgehead atoms. The summed E-state index contributed by atoms with van der Waals surface area (Å²) in [5.74, 6) is 6.10. The fourth-order valence-corrected chi connectivity index (χ4v) is 1.67. The molecule has 0 aliphatic carbocycles. The van der Waals surface area contributed by atoms with Crippen molar-refractivity contribution in [3.05, 3.63) is 0 Å². The number of carbonyl (C=O) groups excluding carboxylic acids is 1. The van der Waals surface area contributed by atoms with Crippen molar-refractivity contribution >= 4 is 6.09 Å². The van der Waals surface area contributed by atoms with Crippen LogP contribution in [-0.4, -0.2) is 30.3 Å². The van der Waals surface area contributed by atoms with Gasteiger partial charge in [0.15, 0.2) is 0 Å². The third-order valence-electron chi connectivity index (χ3n) is 2.45. The first-order chi connectivity index (χ1) is 7.81. The second-order valence-electron chi connectivity index (χ2n) is 5.52. The Morgan fingerprint density at radius 3 is 2.76 bits per heavy atom. The van der Waals surface area contributed by atoms with E-state index in [-0.39, 0.29) is 5.54 Å². The van der Waals surface area contributed by atoms with Crippen molar-refractivity contribution in [2.24, 2.45) is 0 Å². The summed E-state index contributed by atoms with van der Waals surface area (Å²) < 4.78 is 5.10. The lowest BCUT2D eigenvalue weighted by Crippen LogP contribution is -2.35. The van der Waals surface area contributed by atoms with Gasteiger partial charge in [0.25, 0.3) is 0 Å². The summed E-state index contributed by atoms with van der Waals surface area (Å²) in [7, 11) is 0. The third kappa shape index (κ3) is 5.60. The van der Waals surface area contributed by atoms with Crippen molar-refractivity contribution < 1.29 is 9.53 Å². The van der Waals surface area contributed by atoms with Crippen LogP contribution in [0.25, 0.3) is 0 Å². The average Bonchev–Trinajstić information content (AvgIpc) is 2.58. The Balaban J connectivity index is 2.28. The molecule has 1 saturated heterocycles. The van der Waals surface area contributed by atoms with Crippen LogP contribution in [0.3, 0.4) is 0 Å². The van der Waals surface area contributed by atoms with Crippen molar-refractivity contribution in [1.29, 1.82) is 0 Å². The van der Waals surface area contributed by atoms with Gasteiger partial charge in [-0.15, -0.1) is 0 Å². The Bertz CT molecular complexity index is 328. The van der Waals surface area contributed by atoms with Gasteiger partial charge in [0, 0.05) is 0 Å². The summed E-state index contributed by atoms with van der Waals surface area (Å²) in [5, 5.41) is 5.96. The maximum atomic E-state index is 11.3. The van der Waals surface area contributed by atoms with Crippen LogP contribution >= 0.6 is 0 Å². The molecule has 1 aliphatic heterocycles. The lowest BCUT2D eigenvalue weighted by molar-refractivity contribution is 0.0535. The van der Waals surface area contributed by atoms with Crippen molar-refractivity contribution in [3.63, 3.8) is 0 Å². The van der Waals surface area contributed by atoms with E-state index in [1.165, 1.54) is 0 Å². The molecule has 1 atom stereocenters. The minimum absolute atomic E-state index is 0.0877. The van der Waals surface area contributed by atoms with Gasteiger partial charge in [-0.3, -0.25) is 0 Å². The Morgan fingerprint density at radius 1 is 1.53 bits per heavy atom. The van der Waals surface area contributed by atoms with Crippen molar-refractivity contribution in [1.82, 2.24) is 10.6 Å². The van der Waals surface area contributed by atoms with E-state index < -0.39 is 11.7 Å². The molecular formula is C13H22N2O2. The first-order valence-corrected chi connectivity index (χ1v) is 6.03. The lowest BCUT2D eigenvalue weighted by atomic mass is 10.0. The minimum Gasteiger partial charge on any atom is -0.444 e. The molecule has 96 valence electrons. The maximum Gasteiger partial charge on any atom is 0.408 e. The first-order valence-electron chi connectivity index (χ1n) is 6.03. The fourth-order valence-electron chi connectivity index (χ4n) is 1.67. The molecule has 0 aromatic rings. The molecule has 1 heterocycles. The van der Waals surface area contributed by atoms with Crippen LogP contribution in [0.15, 0.2) is 0 Å². The highest BCUT2D eigenvalue weighted by Gasteiger charge is 2.25. The van der Waals surface area contributed by atoms with Crippen LogP contribution in [0.2, 0.25) is 0 Å². The highest BCUT2D eigenvalue weighted by atomic mass is 16.6. The molecule has 4 heteroatoms. The number of hydrogen-bond acceptors (Lipinski definition) is 3. The molecule has 1 aliphatic rings. The van der Waals surface area contributed by atoms with Gasteiger partial charge < -0.3 is 15.4 Å². The predicted molar refractivity (Wildman–Crippen MR) is 67.7 cm³/mol. The highest BCUT2D eigenvalue weighted by Crippen LogP contribution is 2.16. The second kappa shape index (κ2) is 5.42. The zero-order chi connectivity index (χ0) is 12.9. The van der Waals surface area contributed by atoms with Crippen LogP contribution in [-0.2, 0) is 4.74 Å². The van der Waals surface area contributed by atoms with E-state index in [0.717, 1.165) is 19.4 Å². The van der Waals surface area contributed by atoms with E-state index in [9.17, 15) is 4.79 Å². The number of hydrogen-bond donors (Lipinski definition) is 2. The Kier molecular flexibility index (Phi) is 4.41. The topological polar surface area (TPSA) is 50.4 Å². The predicted octanol–water partition coefficient (Wildman–Crippen LogP) is 1.66. The van der Waals surface area contributed by atoms with Crippen molar-refractivity contribution in [2.45, 2.75) is 51.7 Å². The van der Waals surface area contributed by atoms with E-state index >= 15 is 0 Å². The molecule has 0 radical (unpaired) electrons. The summed E-state index contributed by atoms with van der Waals surface area (Å²) >= 11 is 0. The van der Waals surface area contributed by atoms with Crippen LogP contribution in [0.5, 0.6) is 0 Å². The van der Waals surface area contributed by atoms with E-state index in [1.54, 1.807) is 0 Å². The van der Waals surface area contributed by atoms with Crippen LogP contribution in [0.1, 0.15) is 40.5 Å². The third-order valence-corrected chi connectivity index (χ3v) is 2.45. The summed E-state index contributed by atoms with van der Waals surface area (Å²) in [4.78, 5) is 11.3. The number of alkyl carbamates (subject to hydrolysis) is 1. The van der Waals surface area contributed by atoms with Gasteiger partial charge in [-0.25, -0.2) is 4.79 Å². The van der Waals surface area contributed by atoms with Crippen molar-refractivity contribution in [2.75, 3.05) is 13.1 Å². The van der Waals surface area contributed by atoms with Crippen LogP contribution in [0, 0.1) is 11.8 Å². The van der Waals surface area contributed by atoms with Crippen LogP contribution in [0.4, 0.5) is 4.79 Å². The smallest absolute Gasteiger partial charge is 0.408 e. The minimum atomic E-state index is -0.462. The molecule has 0 spiro atoms. The number of carbonyl (C=O) groups is 1. The zero-order valence-electron chi connectivity index (χ0n) is 11.1. The molecule has 1 rings (SSSR count). The van der Waals surface area contributed by atoms with Crippen LogP contribution < -0.4 is 10.6 Å². The first kappa shape index (κ1) is 13.9. The zero-order valence-corrected chi connectivity index (χ0v) is 11.1. The molecule has 0 aromatic heterocycles. The lowest BCUT2D eigenvalue weighted by Gasteiger charge is -2.19. The molecule has 17 heavy (non-hydrogen) atoms. The van der Waals surface area contributed by atoms with Gasteiger partial charge in [-0.2, -0.15) is 0 Å². The highest BCUT2D eigenvalue weighted by molar-refractivity contribution is 5.68. The molecule has 2 N–H and O–H groups in total. The van der Waals surface area contributed by atoms with E-state index in [2.05, 4.69) is 29.4 Å². The monoisotopic (exact) mass is 238 g/mol. The van der Waals surface area contributed by atoms with Gasteiger partial charge in [-0.1, -0.05) is 11.8 Å². The molecule has 1 amide bonds. The molecule has 1 unspecified atom stereocenters. The van der Waals surface area contributed by atoms with Crippen molar-refractivity contribution in [3.8, 4) is 11.8 Å². The summed E-state index contributed by atoms with van der Waals surface area (Å²) in [5.41, 5.74) is -0.549. The molecular weight excluding hydrogens is 216 g/mol. The number of ether oxygens (including phenoxy) is 1. The summed E-state index contributed by atoms with van der Waals surface area (Å²) in [6.07, 6.45) is 1.80. The standard InChI is InChI=1S/C13H22N2O2/c1-12(2,3)17-11(16)14-9-5-7-13(4)8-6-10-15-13/h15H,6,8-10H2,1-4H3,(H,14,16). The summed E-state index contributed by atoms with van der Waals surface area (Å²) in [6.45, 7) is 8.93. The molecule has 4 nitrogen and oxygen atoms in total. The quantitative estimate of drug-likeness (QED) is 0.683. The SMILES string of the molecule is CC1(C#CCNC(=O)OC(C)(C)C)CCCN1. The van der Waals surface area contributed by atoms with Gasteiger partial charge in [0.2, 0.25) is 0 Å². The molecule has 1 fully saturated rings. The van der Waals surface area contributed by atoms with E-state index in [0.29, 0.717) is 6.54 Å². The maximum absolute atomic E-state index is 11.3. The van der Waals surface area contributed by atoms with Gasteiger partial charge in [-0.05, 0) is 47.1 Å². The fraction of sp³-hybridized carbons (Fsp3) is 0.769. The second-order valence-corrected chi connectivity index (χ2v) is 5.52. The number of amides is 1. The number of rotatable bonds is 1. The number of nitrogens with one attached hydrogen (secondary N) is 2. The van der Waals surface area contributed by atoms with E-state index in [4.69, 9.17) is 4.74 Å².